The Hall–Kier alpha value is -2.22. The van der Waals surface area contributed by atoms with Crippen LogP contribution in [0.15, 0.2) is 30.9 Å². The van der Waals surface area contributed by atoms with Crippen molar-refractivity contribution in [3.8, 4) is 5.69 Å². The molecule has 2 aromatic heterocycles. The second-order valence-corrected chi connectivity index (χ2v) is 6.66. The summed E-state index contributed by atoms with van der Waals surface area (Å²) in [5.74, 6) is -4.98. The van der Waals surface area contributed by atoms with Crippen molar-refractivity contribution in [1.29, 1.82) is 0 Å². The van der Waals surface area contributed by atoms with Crippen LogP contribution in [0.3, 0.4) is 0 Å². The highest BCUT2D eigenvalue weighted by atomic mass is 35.5. The number of alkyl halides is 2. The fourth-order valence-corrected chi connectivity index (χ4v) is 3.15. The zero-order valence-electron chi connectivity index (χ0n) is 13.9. The quantitative estimate of drug-likeness (QED) is 0.834. The fourth-order valence-electron chi connectivity index (χ4n) is 3.01. The summed E-state index contributed by atoms with van der Waals surface area (Å²) in [5, 5.41) is 4.57. The number of piperidine rings is 1. The first kappa shape index (κ1) is 17.6. The third-order valence-corrected chi connectivity index (χ3v) is 4.45. The highest BCUT2D eigenvalue weighted by molar-refractivity contribution is 6.30. The van der Waals surface area contributed by atoms with E-state index in [1.165, 1.54) is 41.0 Å². The molecule has 1 aliphatic rings. The van der Waals surface area contributed by atoms with Crippen LogP contribution in [0, 0.1) is 5.92 Å². The monoisotopic (exact) mass is 369 g/mol. The van der Waals surface area contributed by atoms with Gasteiger partial charge in [0.05, 0.1) is 35.3 Å². The zero-order chi connectivity index (χ0) is 18.2. The molecule has 3 rings (SSSR count). The molecule has 1 unspecified atom stereocenters. The minimum Gasteiger partial charge on any atom is -0.362 e. The molecule has 25 heavy (non-hydrogen) atoms. The lowest BCUT2D eigenvalue weighted by molar-refractivity contribution is -0.149. The number of carbonyl (C=O) groups excluding carboxylic acids is 1. The Bertz CT molecular complexity index is 779. The van der Waals surface area contributed by atoms with Crippen LogP contribution in [0.2, 0.25) is 5.02 Å². The number of halogens is 3. The van der Waals surface area contributed by atoms with Gasteiger partial charge in [-0.05, 0) is 12.5 Å². The van der Waals surface area contributed by atoms with Crippen LogP contribution in [-0.2, 0) is 4.79 Å². The predicted molar refractivity (Wildman–Crippen MR) is 90.3 cm³/mol. The maximum atomic E-state index is 14.6. The minimum atomic E-state index is -3.13. The molecule has 6 nitrogen and oxygen atoms in total. The van der Waals surface area contributed by atoms with E-state index in [9.17, 15) is 13.6 Å². The van der Waals surface area contributed by atoms with Gasteiger partial charge in [-0.2, -0.15) is 5.10 Å². The lowest BCUT2D eigenvalue weighted by Gasteiger charge is -2.39. The minimum absolute atomic E-state index is 0.0677. The van der Waals surface area contributed by atoms with Gasteiger partial charge in [0, 0.05) is 33.0 Å². The molecule has 0 radical (unpaired) electrons. The zero-order valence-corrected chi connectivity index (χ0v) is 14.6. The van der Waals surface area contributed by atoms with Crippen LogP contribution in [0.4, 0.5) is 14.5 Å². The first-order valence-corrected chi connectivity index (χ1v) is 8.16. The summed E-state index contributed by atoms with van der Waals surface area (Å²) in [6, 6.07) is 1.69. The van der Waals surface area contributed by atoms with Crippen molar-refractivity contribution < 1.29 is 13.6 Å². The Morgan fingerprint density at radius 1 is 1.36 bits per heavy atom. The average molecular weight is 370 g/mol. The molecule has 1 amide bonds. The summed E-state index contributed by atoms with van der Waals surface area (Å²) < 4.78 is 30.7. The molecule has 0 bridgehead atoms. The number of hydrogen-bond donors (Lipinski definition) is 0. The van der Waals surface area contributed by atoms with Gasteiger partial charge < -0.3 is 9.80 Å². The number of rotatable bonds is 3. The first-order chi connectivity index (χ1) is 11.8. The number of anilines is 1. The highest BCUT2D eigenvalue weighted by Gasteiger charge is 2.49. The Morgan fingerprint density at radius 2 is 2.12 bits per heavy atom. The molecule has 0 saturated carbocycles. The van der Waals surface area contributed by atoms with E-state index in [0.29, 0.717) is 22.9 Å². The number of nitrogens with zero attached hydrogens (tertiary/aromatic N) is 5. The number of carbonyl (C=O) groups is 1. The van der Waals surface area contributed by atoms with Crippen LogP contribution in [0.5, 0.6) is 0 Å². The average Bonchev–Trinajstić information content (AvgIpc) is 2.99. The van der Waals surface area contributed by atoms with E-state index in [2.05, 4.69) is 10.1 Å². The van der Waals surface area contributed by atoms with Gasteiger partial charge in [0.25, 0.3) is 5.92 Å². The summed E-state index contributed by atoms with van der Waals surface area (Å²) in [6.45, 7) is -0.224. The van der Waals surface area contributed by atoms with Crippen LogP contribution < -0.4 is 4.90 Å². The molecule has 1 saturated heterocycles. The van der Waals surface area contributed by atoms with Crippen molar-refractivity contribution in [3.63, 3.8) is 0 Å². The van der Waals surface area contributed by atoms with Crippen molar-refractivity contribution in [2.75, 3.05) is 32.1 Å². The Labute approximate surface area is 149 Å². The van der Waals surface area contributed by atoms with Crippen molar-refractivity contribution in [3.05, 3.63) is 35.9 Å². The molecule has 134 valence electrons. The van der Waals surface area contributed by atoms with Gasteiger partial charge >= 0.3 is 0 Å². The maximum Gasteiger partial charge on any atom is 0.276 e. The van der Waals surface area contributed by atoms with Gasteiger partial charge in [-0.15, -0.1) is 0 Å². The summed E-state index contributed by atoms with van der Waals surface area (Å²) in [6.07, 6.45) is 6.23. The Balaban J connectivity index is 1.89. The smallest absolute Gasteiger partial charge is 0.276 e. The second-order valence-electron chi connectivity index (χ2n) is 6.22. The van der Waals surface area contributed by atoms with E-state index < -0.39 is 24.3 Å². The standard InChI is InChI=1S/C16H18ClF2N5O/c1-22(2)15(25)12-4-6-23(10-16(12,18)19)14-8-20-5-3-13(14)24-9-11(17)7-21-24/h3,5,7-9,12H,4,6,10H2,1-2H3. The van der Waals surface area contributed by atoms with Crippen molar-refractivity contribution in [2.45, 2.75) is 12.3 Å². The van der Waals surface area contributed by atoms with Gasteiger partial charge in [-0.3, -0.25) is 9.78 Å². The molecule has 0 aromatic carbocycles. The van der Waals surface area contributed by atoms with Crippen LogP contribution in [-0.4, -0.2) is 58.7 Å². The first-order valence-electron chi connectivity index (χ1n) is 7.78. The molecule has 1 atom stereocenters. The molecule has 2 aromatic rings. The van der Waals surface area contributed by atoms with Gasteiger partial charge in [-0.1, -0.05) is 11.6 Å². The van der Waals surface area contributed by atoms with E-state index in [0.717, 1.165) is 0 Å². The fraction of sp³-hybridized carbons (Fsp3) is 0.438. The lowest BCUT2D eigenvalue weighted by Crippen LogP contribution is -2.53. The third-order valence-electron chi connectivity index (χ3n) is 4.25. The van der Waals surface area contributed by atoms with Crippen molar-refractivity contribution in [1.82, 2.24) is 19.7 Å². The van der Waals surface area contributed by atoms with Crippen molar-refractivity contribution >= 4 is 23.2 Å². The van der Waals surface area contributed by atoms with E-state index in [1.54, 1.807) is 18.5 Å². The molecule has 9 heteroatoms. The molecule has 1 fully saturated rings. The molecular formula is C16H18ClF2N5O. The summed E-state index contributed by atoms with van der Waals surface area (Å²) in [4.78, 5) is 18.8. The van der Waals surface area contributed by atoms with Gasteiger partial charge in [0.1, 0.15) is 5.92 Å². The second kappa shape index (κ2) is 6.59. The number of hydrogen-bond acceptors (Lipinski definition) is 4. The molecule has 0 spiro atoms. The predicted octanol–water partition coefficient (Wildman–Crippen LogP) is 2.47. The SMILES string of the molecule is CN(C)C(=O)C1CCN(c2cnccc2-n2cc(Cl)cn2)CC1(F)F. The van der Waals surface area contributed by atoms with Crippen molar-refractivity contribution in [2.24, 2.45) is 5.92 Å². The van der Waals surface area contributed by atoms with Gasteiger partial charge in [0.2, 0.25) is 5.91 Å². The normalized spacial score (nSPS) is 19.7. The largest absolute Gasteiger partial charge is 0.362 e. The maximum absolute atomic E-state index is 14.6. The van der Waals surface area contributed by atoms with Crippen LogP contribution in [0.25, 0.3) is 5.69 Å². The number of aromatic nitrogens is 3. The number of amides is 1. The van der Waals surface area contributed by atoms with E-state index in [1.807, 2.05) is 0 Å². The van der Waals surface area contributed by atoms with E-state index in [-0.39, 0.29) is 6.42 Å². The number of pyridine rings is 1. The van der Waals surface area contributed by atoms with Crippen LogP contribution >= 0.6 is 11.6 Å². The Morgan fingerprint density at radius 3 is 2.72 bits per heavy atom. The highest BCUT2D eigenvalue weighted by Crippen LogP contribution is 2.37. The van der Waals surface area contributed by atoms with E-state index >= 15 is 0 Å². The summed E-state index contributed by atoms with van der Waals surface area (Å²) >= 11 is 5.90. The molecule has 0 aliphatic carbocycles. The lowest BCUT2D eigenvalue weighted by atomic mass is 9.91. The molecular weight excluding hydrogens is 352 g/mol. The summed E-state index contributed by atoms with van der Waals surface area (Å²) in [7, 11) is 2.98. The molecule has 3 heterocycles. The molecule has 0 N–H and O–H groups in total. The summed E-state index contributed by atoms with van der Waals surface area (Å²) in [5.41, 5.74) is 1.13. The molecule has 1 aliphatic heterocycles. The van der Waals surface area contributed by atoms with Gasteiger partial charge in [-0.25, -0.2) is 13.5 Å². The van der Waals surface area contributed by atoms with Gasteiger partial charge in [0.15, 0.2) is 0 Å². The Kier molecular flexibility index (Phi) is 4.64. The topological polar surface area (TPSA) is 54.3 Å². The third kappa shape index (κ3) is 3.44. The van der Waals surface area contributed by atoms with E-state index in [4.69, 9.17) is 11.6 Å². The van der Waals surface area contributed by atoms with Crippen LogP contribution in [0.1, 0.15) is 6.42 Å².